The molecular weight excluding hydrogens is 324 g/mol. The van der Waals surface area contributed by atoms with E-state index in [2.05, 4.69) is 20.2 Å². The number of hydrogen-bond donors (Lipinski definition) is 1. The highest BCUT2D eigenvalue weighted by Crippen LogP contribution is 2.17. The van der Waals surface area contributed by atoms with Crippen molar-refractivity contribution in [2.24, 2.45) is 0 Å². The van der Waals surface area contributed by atoms with Crippen molar-refractivity contribution >= 4 is 17.5 Å². The van der Waals surface area contributed by atoms with E-state index in [9.17, 15) is 4.79 Å². The molecule has 0 aliphatic carbocycles. The van der Waals surface area contributed by atoms with E-state index in [1.165, 1.54) is 6.33 Å². The van der Waals surface area contributed by atoms with Crippen molar-refractivity contribution in [1.82, 2.24) is 9.97 Å². The smallest absolute Gasteiger partial charge is 0.263 e. The Bertz CT molecular complexity index is 702. The van der Waals surface area contributed by atoms with Crippen molar-refractivity contribution in [2.45, 2.75) is 0 Å². The Morgan fingerprint density at radius 3 is 2.64 bits per heavy atom. The zero-order valence-electron chi connectivity index (χ0n) is 14.0. The number of nitrogens with one attached hydrogen (secondary N) is 1. The third-order valence-corrected chi connectivity index (χ3v) is 3.68. The molecule has 0 saturated carbocycles. The van der Waals surface area contributed by atoms with Crippen molar-refractivity contribution in [2.75, 3.05) is 50.2 Å². The fourth-order valence-corrected chi connectivity index (χ4v) is 2.38. The van der Waals surface area contributed by atoms with Gasteiger partial charge in [-0.1, -0.05) is 0 Å². The number of nitrogens with zero attached hydrogens (tertiary/aromatic N) is 3. The number of carbonyl (C=O) groups excluding carboxylic acids is 1. The van der Waals surface area contributed by atoms with E-state index >= 15 is 0 Å². The molecular formula is C17H20N4O4. The summed E-state index contributed by atoms with van der Waals surface area (Å²) >= 11 is 0. The number of carbonyl (C=O) groups is 1. The molecule has 2 heterocycles. The van der Waals surface area contributed by atoms with Gasteiger partial charge in [-0.2, -0.15) is 0 Å². The molecule has 1 aliphatic rings. The number of aromatic nitrogens is 2. The number of benzene rings is 1. The number of methoxy groups -OCH3 is 1. The second-order valence-corrected chi connectivity index (χ2v) is 5.37. The van der Waals surface area contributed by atoms with Crippen LogP contribution in [-0.4, -0.2) is 55.9 Å². The van der Waals surface area contributed by atoms with Crippen molar-refractivity contribution in [3.05, 3.63) is 36.7 Å². The summed E-state index contributed by atoms with van der Waals surface area (Å²) in [5.41, 5.74) is 0. The van der Waals surface area contributed by atoms with Gasteiger partial charge in [-0.05, 0) is 24.3 Å². The molecule has 0 atom stereocenters. The second-order valence-electron chi connectivity index (χ2n) is 5.37. The maximum Gasteiger partial charge on any atom is 0.263 e. The predicted molar refractivity (Wildman–Crippen MR) is 92.2 cm³/mol. The molecule has 3 rings (SSSR count). The van der Waals surface area contributed by atoms with Gasteiger partial charge in [-0.15, -0.1) is 0 Å². The fraction of sp³-hybridized carbons (Fsp3) is 0.353. The molecule has 0 bridgehead atoms. The van der Waals surface area contributed by atoms with Crippen LogP contribution in [0.3, 0.4) is 0 Å². The molecule has 1 amide bonds. The van der Waals surface area contributed by atoms with Gasteiger partial charge in [0.2, 0.25) is 0 Å². The monoisotopic (exact) mass is 344 g/mol. The summed E-state index contributed by atoms with van der Waals surface area (Å²) in [5, 5.41) is 2.72. The van der Waals surface area contributed by atoms with E-state index in [4.69, 9.17) is 14.2 Å². The summed E-state index contributed by atoms with van der Waals surface area (Å²) in [7, 11) is 1.59. The molecule has 1 aromatic carbocycles. The van der Waals surface area contributed by atoms with Crippen LogP contribution in [0, 0.1) is 0 Å². The molecule has 1 aromatic heterocycles. The largest absolute Gasteiger partial charge is 0.497 e. The second kappa shape index (κ2) is 8.29. The van der Waals surface area contributed by atoms with Crippen molar-refractivity contribution in [3.63, 3.8) is 0 Å². The van der Waals surface area contributed by atoms with E-state index in [1.807, 2.05) is 0 Å². The van der Waals surface area contributed by atoms with Gasteiger partial charge in [0, 0.05) is 19.2 Å². The average molecular weight is 344 g/mol. The van der Waals surface area contributed by atoms with E-state index < -0.39 is 0 Å². The van der Waals surface area contributed by atoms with Gasteiger partial charge < -0.3 is 24.4 Å². The lowest BCUT2D eigenvalue weighted by Crippen LogP contribution is -2.36. The Morgan fingerprint density at radius 1 is 1.20 bits per heavy atom. The molecule has 1 fully saturated rings. The molecule has 132 valence electrons. The number of anilines is 2. The van der Waals surface area contributed by atoms with Gasteiger partial charge in [0.15, 0.2) is 6.61 Å². The highest BCUT2D eigenvalue weighted by Gasteiger charge is 2.14. The van der Waals surface area contributed by atoms with E-state index in [1.54, 1.807) is 37.4 Å². The van der Waals surface area contributed by atoms with Crippen LogP contribution in [0.25, 0.3) is 0 Å². The van der Waals surface area contributed by atoms with Crippen LogP contribution in [0.15, 0.2) is 36.7 Å². The van der Waals surface area contributed by atoms with Crippen molar-refractivity contribution < 1.29 is 19.0 Å². The summed E-state index contributed by atoms with van der Waals surface area (Å²) in [5.74, 6) is 2.24. The molecule has 0 radical (unpaired) electrons. The average Bonchev–Trinajstić information content (AvgIpc) is 2.68. The topological polar surface area (TPSA) is 85.8 Å². The lowest BCUT2D eigenvalue weighted by atomic mass is 10.3. The summed E-state index contributed by atoms with van der Waals surface area (Å²) in [6.45, 7) is 2.77. The number of rotatable bonds is 6. The van der Waals surface area contributed by atoms with E-state index in [0.29, 0.717) is 24.8 Å². The normalized spacial score (nSPS) is 14.0. The summed E-state index contributed by atoms with van der Waals surface area (Å²) in [6.07, 6.45) is 1.44. The first kappa shape index (κ1) is 17.0. The van der Waals surface area contributed by atoms with E-state index in [-0.39, 0.29) is 12.5 Å². The maximum absolute atomic E-state index is 12.0. The highest BCUT2D eigenvalue weighted by atomic mass is 16.5. The zero-order valence-corrected chi connectivity index (χ0v) is 14.0. The van der Waals surface area contributed by atoms with Crippen molar-refractivity contribution in [1.29, 1.82) is 0 Å². The third-order valence-electron chi connectivity index (χ3n) is 3.68. The molecule has 8 heteroatoms. The standard InChI is InChI=1S/C17H20N4O4/c1-23-13-2-4-14(5-3-13)25-11-17(22)20-15-10-16(19-12-18-15)21-6-8-24-9-7-21/h2-5,10,12H,6-9,11H2,1H3,(H,18,19,20,22). The van der Waals surface area contributed by atoms with Crippen LogP contribution >= 0.6 is 0 Å². The van der Waals surface area contributed by atoms with Crippen LogP contribution in [0.5, 0.6) is 11.5 Å². The molecule has 25 heavy (non-hydrogen) atoms. The summed E-state index contributed by atoms with van der Waals surface area (Å²) in [6, 6.07) is 8.77. The first-order valence-electron chi connectivity index (χ1n) is 7.96. The Labute approximate surface area is 145 Å². The third kappa shape index (κ3) is 4.80. The summed E-state index contributed by atoms with van der Waals surface area (Å²) in [4.78, 5) is 22.5. The van der Waals surface area contributed by atoms with Crippen LogP contribution in [0.4, 0.5) is 11.6 Å². The Balaban J connectivity index is 1.53. The van der Waals surface area contributed by atoms with Crippen molar-refractivity contribution in [3.8, 4) is 11.5 Å². The van der Waals surface area contributed by atoms with Gasteiger partial charge in [-0.25, -0.2) is 9.97 Å². The van der Waals surface area contributed by atoms with Gasteiger partial charge in [0.1, 0.15) is 29.5 Å². The first-order chi connectivity index (χ1) is 12.2. The minimum Gasteiger partial charge on any atom is -0.497 e. The minimum absolute atomic E-state index is 0.108. The van der Waals surface area contributed by atoms with Crippen LogP contribution in [0.2, 0.25) is 0 Å². The Hall–Kier alpha value is -2.87. The number of hydrogen-bond acceptors (Lipinski definition) is 7. The molecule has 1 aliphatic heterocycles. The molecule has 8 nitrogen and oxygen atoms in total. The first-order valence-corrected chi connectivity index (χ1v) is 7.96. The van der Waals surface area contributed by atoms with Crippen LogP contribution in [-0.2, 0) is 9.53 Å². The highest BCUT2D eigenvalue weighted by molar-refractivity contribution is 5.91. The molecule has 1 saturated heterocycles. The Kier molecular flexibility index (Phi) is 5.63. The lowest BCUT2D eigenvalue weighted by molar-refractivity contribution is -0.118. The van der Waals surface area contributed by atoms with E-state index in [0.717, 1.165) is 24.7 Å². The van der Waals surface area contributed by atoms with Gasteiger partial charge in [0.05, 0.1) is 20.3 Å². The predicted octanol–water partition coefficient (Wildman–Crippen LogP) is 1.34. The number of amides is 1. The number of ether oxygens (including phenoxy) is 3. The SMILES string of the molecule is COc1ccc(OCC(=O)Nc2cc(N3CCOCC3)ncn2)cc1. The minimum atomic E-state index is -0.289. The maximum atomic E-state index is 12.0. The van der Waals surface area contributed by atoms with Gasteiger partial charge in [-0.3, -0.25) is 4.79 Å². The Morgan fingerprint density at radius 2 is 1.92 bits per heavy atom. The van der Waals surface area contributed by atoms with Crippen LogP contribution in [0.1, 0.15) is 0 Å². The quantitative estimate of drug-likeness (QED) is 0.846. The molecule has 1 N–H and O–H groups in total. The fourth-order valence-electron chi connectivity index (χ4n) is 2.38. The zero-order chi connectivity index (χ0) is 17.5. The number of morpholine rings is 1. The molecule has 2 aromatic rings. The molecule has 0 unspecified atom stereocenters. The lowest BCUT2D eigenvalue weighted by Gasteiger charge is -2.27. The summed E-state index contributed by atoms with van der Waals surface area (Å²) < 4.78 is 15.8. The molecule has 0 spiro atoms. The van der Waals surface area contributed by atoms with Crippen LogP contribution < -0.4 is 19.7 Å². The van der Waals surface area contributed by atoms with Gasteiger partial charge in [0.25, 0.3) is 5.91 Å². The van der Waals surface area contributed by atoms with Gasteiger partial charge >= 0.3 is 0 Å².